The highest BCUT2D eigenvalue weighted by molar-refractivity contribution is 5.83. The molecule has 0 radical (unpaired) electrons. The van der Waals surface area contributed by atoms with Crippen LogP contribution in [-0.2, 0) is 0 Å². The first-order valence-electron chi connectivity index (χ1n) is 6.87. The highest BCUT2D eigenvalue weighted by Crippen LogP contribution is 2.42. The molecule has 1 heterocycles. The number of aromatic amines is 1. The molecule has 2 atom stereocenters. The number of benzene rings is 1. The van der Waals surface area contributed by atoms with Gasteiger partial charge < -0.3 is 10.3 Å². The van der Waals surface area contributed by atoms with Crippen LogP contribution in [0.5, 0.6) is 0 Å². The molecule has 2 aromatic rings. The van der Waals surface area contributed by atoms with Gasteiger partial charge in [-0.05, 0) is 48.4 Å². The van der Waals surface area contributed by atoms with E-state index in [0.29, 0.717) is 11.5 Å². The molecule has 0 saturated heterocycles. The van der Waals surface area contributed by atoms with Gasteiger partial charge in [-0.3, -0.25) is 0 Å². The van der Waals surface area contributed by atoms with E-state index in [4.69, 9.17) is 0 Å². The molecule has 2 nitrogen and oxygen atoms in total. The third-order valence-electron chi connectivity index (χ3n) is 4.24. The summed E-state index contributed by atoms with van der Waals surface area (Å²) in [4.78, 5) is 3.23. The van der Waals surface area contributed by atoms with Gasteiger partial charge in [-0.1, -0.05) is 20.8 Å². The van der Waals surface area contributed by atoms with E-state index >= 15 is 0 Å². The Morgan fingerprint density at radius 1 is 1.22 bits per heavy atom. The molecule has 1 aliphatic carbocycles. The fourth-order valence-corrected chi connectivity index (χ4v) is 3.44. The molecule has 2 unspecified atom stereocenters. The lowest BCUT2D eigenvalue weighted by atomic mass is 9.91. The summed E-state index contributed by atoms with van der Waals surface area (Å²) in [6, 6.07) is 9.31. The maximum absolute atomic E-state index is 3.71. The highest BCUT2D eigenvalue weighted by Gasteiger charge is 2.36. The molecule has 0 aliphatic heterocycles. The van der Waals surface area contributed by atoms with Crippen LogP contribution < -0.4 is 5.32 Å². The summed E-state index contributed by atoms with van der Waals surface area (Å²) < 4.78 is 0. The second-order valence-corrected chi connectivity index (χ2v) is 6.58. The van der Waals surface area contributed by atoms with E-state index in [1.807, 2.05) is 6.20 Å². The number of hydrogen-bond acceptors (Lipinski definition) is 1. The van der Waals surface area contributed by atoms with Crippen LogP contribution in [0.1, 0.15) is 33.6 Å². The van der Waals surface area contributed by atoms with Gasteiger partial charge in [-0.15, -0.1) is 0 Å². The molecule has 1 saturated carbocycles. The summed E-state index contributed by atoms with van der Waals surface area (Å²) in [5.41, 5.74) is 2.94. The van der Waals surface area contributed by atoms with Crippen LogP contribution in [-0.4, -0.2) is 11.0 Å². The lowest BCUT2D eigenvalue weighted by Crippen LogP contribution is -2.22. The fraction of sp³-hybridized carbons (Fsp3) is 0.500. The third kappa shape index (κ3) is 2.12. The molecule has 1 aromatic carbocycles. The molecule has 3 rings (SSSR count). The van der Waals surface area contributed by atoms with Crippen LogP contribution in [0.4, 0.5) is 5.69 Å². The van der Waals surface area contributed by atoms with Crippen molar-refractivity contribution in [2.45, 2.75) is 39.7 Å². The van der Waals surface area contributed by atoms with E-state index in [1.54, 1.807) is 0 Å². The molecule has 0 spiro atoms. The molecule has 18 heavy (non-hydrogen) atoms. The lowest BCUT2D eigenvalue weighted by molar-refractivity contribution is 0.366. The van der Waals surface area contributed by atoms with E-state index in [1.165, 1.54) is 29.4 Å². The van der Waals surface area contributed by atoms with E-state index in [9.17, 15) is 0 Å². The van der Waals surface area contributed by atoms with Crippen molar-refractivity contribution in [3.63, 3.8) is 0 Å². The summed E-state index contributed by atoms with van der Waals surface area (Å²) in [5.74, 6) is 0.752. The standard InChI is InChI=1S/C16H22N2/c1-11-9-16(2,3)10-15(11)18-13-4-5-14-12(8-13)6-7-17-14/h4-8,11,15,17-18H,9-10H2,1-3H3. The lowest BCUT2D eigenvalue weighted by Gasteiger charge is -2.19. The monoisotopic (exact) mass is 242 g/mol. The van der Waals surface area contributed by atoms with Gasteiger partial charge in [0.25, 0.3) is 0 Å². The van der Waals surface area contributed by atoms with Crippen LogP contribution in [0.25, 0.3) is 10.9 Å². The normalized spacial score (nSPS) is 26.6. The van der Waals surface area contributed by atoms with Crippen molar-refractivity contribution in [1.82, 2.24) is 4.98 Å². The zero-order valence-corrected chi connectivity index (χ0v) is 11.5. The summed E-state index contributed by atoms with van der Waals surface area (Å²) in [7, 11) is 0. The van der Waals surface area contributed by atoms with Gasteiger partial charge in [-0.2, -0.15) is 0 Å². The summed E-state index contributed by atoms with van der Waals surface area (Å²) >= 11 is 0. The predicted octanol–water partition coefficient (Wildman–Crippen LogP) is 4.40. The Morgan fingerprint density at radius 3 is 2.78 bits per heavy atom. The number of hydrogen-bond donors (Lipinski definition) is 2. The van der Waals surface area contributed by atoms with E-state index < -0.39 is 0 Å². The topological polar surface area (TPSA) is 27.8 Å². The van der Waals surface area contributed by atoms with Crippen LogP contribution in [0.2, 0.25) is 0 Å². The van der Waals surface area contributed by atoms with Crippen molar-refractivity contribution in [1.29, 1.82) is 0 Å². The van der Waals surface area contributed by atoms with E-state index in [-0.39, 0.29) is 0 Å². The van der Waals surface area contributed by atoms with Gasteiger partial charge in [0.15, 0.2) is 0 Å². The van der Waals surface area contributed by atoms with E-state index in [2.05, 4.69) is 55.3 Å². The number of H-pyrrole nitrogens is 1. The van der Waals surface area contributed by atoms with Crippen LogP contribution in [0.3, 0.4) is 0 Å². The number of rotatable bonds is 2. The molecule has 2 N–H and O–H groups in total. The Balaban J connectivity index is 1.80. The molecular formula is C16H22N2. The van der Waals surface area contributed by atoms with Crippen molar-refractivity contribution < 1.29 is 0 Å². The predicted molar refractivity (Wildman–Crippen MR) is 77.9 cm³/mol. The van der Waals surface area contributed by atoms with Crippen molar-refractivity contribution >= 4 is 16.6 Å². The quantitative estimate of drug-likeness (QED) is 0.802. The molecular weight excluding hydrogens is 220 g/mol. The average Bonchev–Trinajstić information content (AvgIpc) is 2.83. The highest BCUT2D eigenvalue weighted by atomic mass is 14.9. The molecule has 1 aromatic heterocycles. The summed E-state index contributed by atoms with van der Waals surface area (Å²) in [6.45, 7) is 7.11. The minimum atomic E-state index is 0.481. The Kier molecular flexibility index (Phi) is 2.61. The van der Waals surface area contributed by atoms with Crippen molar-refractivity contribution in [3.8, 4) is 0 Å². The second-order valence-electron chi connectivity index (χ2n) is 6.58. The zero-order chi connectivity index (χ0) is 12.8. The summed E-state index contributed by atoms with van der Waals surface area (Å²) in [5, 5.41) is 5.00. The van der Waals surface area contributed by atoms with Crippen molar-refractivity contribution in [3.05, 3.63) is 30.5 Å². The van der Waals surface area contributed by atoms with Crippen LogP contribution in [0.15, 0.2) is 30.5 Å². The Labute approximate surface area is 109 Å². The average molecular weight is 242 g/mol. The zero-order valence-electron chi connectivity index (χ0n) is 11.5. The molecule has 0 amide bonds. The van der Waals surface area contributed by atoms with Gasteiger partial charge in [-0.25, -0.2) is 0 Å². The first kappa shape index (κ1) is 11.6. The van der Waals surface area contributed by atoms with Crippen molar-refractivity contribution in [2.24, 2.45) is 11.3 Å². The van der Waals surface area contributed by atoms with Crippen LogP contribution >= 0.6 is 0 Å². The maximum Gasteiger partial charge on any atom is 0.0455 e. The Morgan fingerprint density at radius 2 is 2.06 bits per heavy atom. The SMILES string of the molecule is CC1CC(C)(C)CC1Nc1ccc2[nH]ccc2c1. The van der Waals surface area contributed by atoms with Gasteiger partial charge in [0.2, 0.25) is 0 Å². The number of anilines is 1. The van der Waals surface area contributed by atoms with Crippen LogP contribution in [0, 0.1) is 11.3 Å². The maximum atomic E-state index is 3.71. The largest absolute Gasteiger partial charge is 0.382 e. The van der Waals surface area contributed by atoms with Gasteiger partial charge in [0.1, 0.15) is 0 Å². The number of aromatic nitrogens is 1. The third-order valence-corrected chi connectivity index (χ3v) is 4.24. The molecule has 2 heteroatoms. The van der Waals surface area contributed by atoms with Crippen molar-refractivity contribution in [2.75, 3.05) is 5.32 Å². The van der Waals surface area contributed by atoms with Gasteiger partial charge in [0, 0.05) is 28.8 Å². The Bertz CT molecular complexity index is 553. The second kappa shape index (κ2) is 4.04. The fourth-order valence-electron chi connectivity index (χ4n) is 3.44. The first-order valence-corrected chi connectivity index (χ1v) is 6.87. The molecule has 0 bridgehead atoms. The minimum Gasteiger partial charge on any atom is -0.382 e. The molecule has 96 valence electrons. The molecule has 1 fully saturated rings. The number of nitrogens with one attached hydrogen (secondary N) is 2. The number of fused-ring (bicyclic) bond motifs is 1. The van der Waals surface area contributed by atoms with Gasteiger partial charge in [0.05, 0.1) is 0 Å². The smallest absolute Gasteiger partial charge is 0.0455 e. The van der Waals surface area contributed by atoms with Gasteiger partial charge >= 0.3 is 0 Å². The van der Waals surface area contributed by atoms with E-state index in [0.717, 1.165) is 5.92 Å². The first-order chi connectivity index (χ1) is 8.53. The summed E-state index contributed by atoms with van der Waals surface area (Å²) in [6.07, 6.45) is 4.58. The minimum absolute atomic E-state index is 0.481. The Hall–Kier alpha value is -1.44. The molecule has 1 aliphatic rings.